The molecule has 0 saturated carbocycles. The largest absolute Gasteiger partial charge is 0.462 e. The summed E-state index contributed by atoms with van der Waals surface area (Å²) in [4.78, 5) is 25.8. The molecule has 4 unspecified atom stereocenters. The summed E-state index contributed by atoms with van der Waals surface area (Å²) in [6.07, 6.45) is 35.4. The van der Waals surface area contributed by atoms with Crippen molar-refractivity contribution in [2.24, 2.45) is 0 Å². The summed E-state index contributed by atoms with van der Waals surface area (Å²) in [7, 11) is 0. The number of ether oxygens (including phenoxy) is 6. The first kappa shape index (κ1) is 62.3. The number of carbonyl (C=O) groups excluding carboxylic acids is 2. The van der Waals surface area contributed by atoms with E-state index in [1.165, 1.54) is 0 Å². The van der Waals surface area contributed by atoms with E-state index in [1.807, 2.05) is 36.5 Å². The summed E-state index contributed by atoms with van der Waals surface area (Å²) in [5, 5.41) is 72.1. The Hall–Kier alpha value is -3.84. The molecule has 2 heterocycles. The van der Waals surface area contributed by atoms with Crippen molar-refractivity contribution in [1.82, 2.24) is 0 Å². The Kier molecular flexibility index (Phi) is 36.2. The van der Waals surface area contributed by atoms with Crippen molar-refractivity contribution < 1.29 is 73.8 Å². The van der Waals surface area contributed by atoms with Crippen LogP contribution in [0.1, 0.15) is 129 Å². The third kappa shape index (κ3) is 28.3. The Morgan fingerprint density at radius 2 is 0.929 bits per heavy atom. The number of rotatable bonds is 37. The first-order chi connectivity index (χ1) is 34.0. The number of aliphatic hydroxyl groups excluding tert-OH is 7. The van der Waals surface area contributed by atoms with E-state index in [2.05, 4.69) is 86.8 Å². The van der Waals surface area contributed by atoms with Gasteiger partial charge in [0, 0.05) is 12.8 Å². The molecule has 11 atom stereocenters. The molecule has 70 heavy (non-hydrogen) atoms. The topological polar surface area (TPSA) is 231 Å². The van der Waals surface area contributed by atoms with Crippen LogP contribution in [0.25, 0.3) is 0 Å². The van der Waals surface area contributed by atoms with E-state index < -0.39 is 99.3 Å². The minimum atomic E-state index is -1.78. The van der Waals surface area contributed by atoms with Crippen LogP contribution in [0.2, 0.25) is 0 Å². The van der Waals surface area contributed by atoms with Crippen molar-refractivity contribution in [2.75, 3.05) is 26.4 Å². The molecule has 2 saturated heterocycles. The number of hydrogen-bond donors (Lipinski definition) is 7. The van der Waals surface area contributed by atoms with Crippen molar-refractivity contribution in [3.05, 3.63) is 109 Å². The molecule has 15 heteroatoms. The normalized spacial score (nSPS) is 26.3. The summed E-state index contributed by atoms with van der Waals surface area (Å²) in [5.41, 5.74) is 0. The zero-order chi connectivity index (χ0) is 51.0. The molecule has 0 radical (unpaired) electrons. The van der Waals surface area contributed by atoms with Gasteiger partial charge in [-0.3, -0.25) is 9.59 Å². The maximum Gasteiger partial charge on any atom is 0.306 e. The van der Waals surface area contributed by atoms with E-state index >= 15 is 0 Å². The highest BCUT2D eigenvalue weighted by molar-refractivity contribution is 5.70. The molecular weight excluding hydrogens is 901 g/mol. The molecule has 0 amide bonds. The number of aliphatic hydroxyl groups is 7. The van der Waals surface area contributed by atoms with Gasteiger partial charge in [-0.1, -0.05) is 149 Å². The summed E-state index contributed by atoms with van der Waals surface area (Å²) in [6, 6.07) is 0. The average Bonchev–Trinajstić information content (AvgIpc) is 3.35. The monoisotopic (exact) mass is 987 g/mol. The van der Waals surface area contributed by atoms with Crippen LogP contribution in [0.5, 0.6) is 0 Å². The molecule has 0 aromatic rings. The van der Waals surface area contributed by atoms with Gasteiger partial charge in [0.2, 0.25) is 0 Å². The molecule has 0 spiro atoms. The lowest BCUT2D eigenvalue weighted by atomic mass is 9.98. The maximum absolute atomic E-state index is 13.0. The van der Waals surface area contributed by atoms with E-state index in [-0.39, 0.29) is 19.4 Å². The van der Waals surface area contributed by atoms with Gasteiger partial charge in [-0.2, -0.15) is 0 Å². The number of hydrogen-bond acceptors (Lipinski definition) is 15. The first-order valence-corrected chi connectivity index (χ1v) is 25.5. The Balaban J connectivity index is 1.84. The van der Waals surface area contributed by atoms with E-state index in [4.69, 9.17) is 28.4 Å². The fourth-order valence-electron chi connectivity index (χ4n) is 7.19. The molecule has 396 valence electrons. The molecule has 0 aliphatic carbocycles. The lowest BCUT2D eigenvalue weighted by Gasteiger charge is -2.42. The second kappa shape index (κ2) is 40.7. The summed E-state index contributed by atoms with van der Waals surface area (Å²) < 4.78 is 33.5. The molecule has 2 aliphatic heterocycles. The number of unbranched alkanes of at least 4 members (excludes halogenated alkanes) is 8. The van der Waals surface area contributed by atoms with E-state index in [1.54, 1.807) is 0 Å². The van der Waals surface area contributed by atoms with Gasteiger partial charge in [-0.15, -0.1) is 0 Å². The van der Waals surface area contributed by atoms with Gasteiger partial charge in [-0.25, -0.2) is 0 Å². The molecule has 7 N–H and O–H groups in total. The van der Waals surface area contributed by atoms with Crippen LogP contribution in [0, 0.1) is 0 Å². The molecule has 0 bridgehead atoms. The second-order valence-corrected chi connectivity index (χ2v) is 17.3. The Bertz CT molecular complexity index is 1630. The number of carbonyl (C=O) groups is 2. The first-order valence-electron chi connectivity index (χ1n) is 25.5. The average molecular weight is 987 g/mol. The predicted octanol–water partition coefficient (Wildman–Crippen LogP) is 7.15. The fraction of sp³-hybridized carbons (Fsp3) is 0.636. The van der Waals surface area contributed by atoms with Crippen LogP contribution < -0.4 is 0 Å². The zero-order valence-corrected chi connectivity index (χ0v) is 41.7. The maximum atomic E-state index is 13.0. The molecule has 2 rings (SSSR count). The number of allylic oxidation sites excluding steroid dienone is 18. The van der Waals surface area contributed by atoms with Gasteiger partial charge in [0.25, 0.3) is 0 Å². The molecule has 2 aliphatic rings. The summed E-state index contributed by atoms with van der Waals surface area (Å²) in [6.45, 7) is 2.24. The van der Waals surface area contributed by atoms with Crippen molar-refractivity contribution in [3.8, 4) is 0 Å². The number of esters is 2. The molecule has 2 fully saturated rings. The third-order valence-corrected chi connectivity index (χ3v) is 11.3. The molecule has 0 aromatic heterocycles. The third-order valence-electron chi connectivity index (χ3n) is 11.3. The van der Waals surface area contributed by atoms with Gasteiger partial charge in [0.15, 0.2) is 18.7 Å². The highest BCUT2D eigenvalue weighted by atomic mass is 16.7. The molecular formula is C55H86O15. The van der Waals surface area contributed by atoms with Gasteiger partial charge in [0.1, 0.15) is 55.4 Å². The van der Waals surface area contributed by atoms with Gasteiger partial charge in [0.05, 0.1) is 19.8 Å². The highest BCUT2D eigenvalue weighted by Crippen LogP contribution is 2.26. The van der Waals surface area contributed by atoms with Crippen molar-refractivity contribution >= 4 is 11.9 Å². The lowest BCUT2D eigenvalue weighted by Crippen LogP contribution is -2.61. The minimum absolute atomic E-state index is 0.113. The zero-order valence-electron chi connectivity index (χ0n) is 41.7. The molecule has 15 nitrogen and oxygen atoms in total. The van der Waals surface area contributed by atoms with Crippen molar-refractivity contribution in [2.45, 2.75) is 197 Å². The van der Waals surface area contributed by atoms with Gasteiger partial charge < -0.3 is 64.2 Å². The predicted molar refractivity (Wildman–Crippen MR) is 270 cm³/mol. The van der Waals surface area contributed by atoms with Gasteiger partial charge in [-0.05, 0) is 77.0 Å². The van der Waals surface area contributed by atoms with E-state index in [0.29, 0.717) is 12.8 Å². The highest BCUT2D eigenvalue weighted by Gasteiger charge is 2.47. The summed E-state index contributed by atoms with van der Waals surface area (Å²) in [5.74, 6) is -1.00. The van der Waals surface area contributed by atoms with Crippen LogP contribution in [0.4, 0.5) is 0 Å². The van der Waals surface area contributed by atoms with Crippen LogP contribution in [-0.4, -0.2) is 142 Å². The quantitative estimate of drug-likeness (QED) is 0.0142. The lowest BCUT2D eigenvalue weighted by molar-refractivity contribution is -0.332. The Morgan fingerprint density at radius 3 is 1.53 bits per heavy atom. The van der Waals surface area contributed by atoms with Crippen LogP contribution in [0.3, 0.4) is 0 Å². The summed E-state index contributed by atoms with van der Waals surface area (Å²) >= 11 is 0. The van der Waals surface area contributed by atoms with Crippen molar-refractivity contribution in [1.29, 1.82) is 0 Å². The van der Waals surface area contributed by atoms with Crippen LogP contribution in [0.15, 0.2) is 109 Å². The molecule has 0 aromatic carbocycles. The van der Waals surface area contributed by atoms with Crippen molar-refractivity contribution in [3.63, 3.8) is 0 Å². The standard InChI is InChI=1S/C55H86O15/c1-3-5-7-9-11-13-15-17-19-20-21-22-24-26-28-30-32-34-36-38-47(58)68-43(40-65-46(57)37-35-33-31-29-27-25-23-18-16-14-12-10-8-6-4-2)41-66-54-53(64)51(62)49(60)45(70-54)42-67-55-52(63)50(61)48(59)44(39-56)69-55/h5-8,10-14,16-19,21-23,26,28,43-45,48-56,59-64H,3-4,9,15,20,24-25,27,29-42H2,1-2H3/b7-5+,8-6+,12-10+,13-11+,16-14+,19-17+,22-21+,23-18+,28-26+/t43-,44+,45+,48-,49-,50?,51?,52?,53?,54+,55+/m1/s1. The fourth-order valence-corrected chi connectivity index (χ4v) is 7.19. The smallest absolute Gasteiger partial charge is 0.306 e. The SMILES string of the molecule is CC/C=C/C=C/C=C/C=C/CCCCCCCC(=O)OC[C@H](CO[C@H]1O[C@@H](CO[C@H]2O[C@@H](CO)[C@@H](O)C(O)C2O)[C@@H](O)C(O)C1O)OC(=O)CCCCC/C=C/C/C=C/C/C=C/C/C=C/C/C=C/CC. The Labute approximate surface area is 417 Å². The van der Waals surface area contributed by atoms with Crippen LogP contribution in [-0.2, 0) is 38.0 Å². The minimum Gasteiger partial charge on any atom is -0.462 e. The van der Waals surface area contributed by atoms with Crippen LogP contribution >= 0.6 is 0 Å². The second-order valence-electron chi connectivity index (χ2n) is 17.3. The Morgan fingerprint density at radius 1 is 0.471 bits per heavy atom. The van der Waals surface area contributed by atoms with E-state index in [0.717, 1.165) is 89.9 Å². The van der Waals surface area contributed by atoms with E-state index in [9.17, 15) is 45.3 Å². The van der Waals surface area contributed by atoms with Gasteiger partial charge >= 0.3 is 11.9 Å².